The number of nitrogens with zero attached hydrogens (tertiary/aromatic N) is 1. The van der Waals surface area contributed by atoms with Gasteiger partial charge in [0.2, 0.25) is 0 Å². The molecule has 0 bridgehead atoms. The van der Waals surface area contributed by atoms with E-state index in [0.717, 1.165) is 31.1 Å². The van der Waals surface area contributed by atoms with Crippen molar-refractivity contribution in [1.29, 1.82) is 0 Å². The fourth-order valence-electron chi connectivity index (χ4n) is 3.13. The molecule has 32 heavy (non-hydrogen) atoms. The number of hydrogen-bond acceptors (Lipinski definition) is 4. The molecule has 182 valence electrons. The number of nitrogens with one attached hydrogen (secondary N) is 1. The highest BCUT2D eigenvalue weighted by Crippen LogP contribution is 2.26. The van der Waals surface area contributed by atoms with Crippen LogP contribution in [0.1, 0.15) is 89.6 Å². The van der Waals surface area contributed by atoms with E-state index in [-0.39, 0.29) is 23.8 Å². The van der Waals surface area contributed by atoms with Crippen LogP contribution in [-0.4, -0.2) is 34.8 Å². The summed E-state index contributed by atoms with van der Waals surface area (Å²) in [6.07, 6.45) is 6.86. The summed E-state index contributed by atoms with van der Waals surface area (Å²) in [5, 5.41) is 11.8. The van der Waals surface area contributed by atoms with Crippen LogP contribution in [0.15, 0.2) is 24.4 Å². The summed E-state index contributed by atoms with van der Waals surface area (Å²) in [7, 11) is 0. The van der Waals surface area contributed by atoms with Gasteiger partial charge in [0.1, 0.15) is 5.75 Å². The number of carbonyl (C=O) groups excluding carboxylic acids is 1. The average molecular weight is 455 g/mol. The molecule has 0 unspecified atom stereocenters. The van der Waals surface area contributed by atoms with Crippen molar-refractivity contribution in [2.45, 2.75) is 99.3 Å². The Kier molecular flexibility index (Phi) is 15.2. The number of ether oxygens (including phenoxy) is 1. The number of aromatic nitrogens is 1. The topological polar surface area (TPSA) is 71.5 Å². The third-order valence-corrected chi connectivity index (χ3v) is 4.40. The van der Waals surface area contributed by atoms with Gasteiger partial charge in [-0.1, -0.05) is 47.0 Å². The van der Waals surface area contributed by atoms with Crippen molar-refractivity contribution >= 4 is 16.8 Å². The zero-order chi connectivity index (χ0) is 24.7. The number of fused-ring (bicyclic) bond motifs is 1. The van der Waals surface area contributed by atoms with Gasteiger partial charge in [-0.3, -0.25) is 9.78 Å². The molecule has 0 radical (unpaired) electrons. The van der Waals surface area contributed by atoms with Crippen LogP contribution in [0.2, 0.25) is 0 Å². The summed E-state index contributed by atoms with van der Waals surface area (Å²) in [6, 6.07) is 5.14. The van der Waals surface area contributed by atoms with E-state index < -0.39 is 6.61 Å². The molecule has 1 aromatic heterocycles. The highest BCUT2D eigenvalue weighted by Gasteiger charge is 2.17. The number of alkyl halides is 2. The van der Waals surface area contributed by atoms with Gasteiger partial charge in [0.15, 0.2) is 0 Å². The maximum Gasteiger partial charge on any atom is 0.387 e. The van der Waals surface area contributed by atoms with Crippen molar-refractivity contribution in [3.63, 3.8) is 0 Å². The Bertz CT molecular complexity index is 789. The van der Waals surface area contributed by atoms with Gasteiger partial charge in [0.25, 0.3) is 5.91 Å². The van der Waals surface area contributed by atoms with Gasteiger partial charge < -0.3 is 15.2 Å². The van der Waals surface area contributed by atoms with Crippen molar-refractivity contribution in [2.24, 2.45) is 0 Å². The quantitative estimate of drug-likeness (QED) is 0.543. The molecule has 3 rings (SSSR count). The van der Waals surface area contributed by atoms with E-state index in [0.29, 0.717) is 16.6 Å². The van der Waals surface area contributed by atoms with Crippen molar-refractivity contribution in [3.05, 3.63) is 35.5 Å². The number of pyridine rings is 1. The van der Waals surface area contributed by atoms with Crippen LogP contribution in [0.4, 0.5) is 8.78 Å². The van der Waals surface area contributed by atoms with E-state index in [1.807, 2.05) is 27.7 Å². The molecular formula is C25H40F2N2O3. The number of amides is 1. The molecule has 7 heteroatoms. The predicted octanol–water partition coefficient (Wildman–Crippen LogP) is 6.65. The molecule has 5 nitrogen and oxygen atoms in total. The molecule has 0 saturated heterocycles. The molecule has 1 aliphatic rings. The minimum Gasteiger partial charge on any atom is -0.434 e. The zero-order valence-corrected chi connectivity index (χ0v) is 20.5. The Labute approximate surface area is 191 Å². The molecule has 1 fully saturated rings. The van der Waals surface area contributed by atoms with Crippen molar-refractivity contribution in [3.8, 4) is 5.75 Å². The highest BCUT2D eigenvalue weighted by molar-refractivity contribution is 5.97. The summed E-state index contributed by atoms with van der Waals surface area (Å²) < 4.78 is 29.3. The summed E-state index contributed by atoms with van der Waals surface area (Å²) >= 11 is 0. The van der Waals surface area contributed by atoms with E-state index >= 15 is 0 Å². The van der Waals surface area contributed by atoms with Gasteiger partial charge in [-0.25, -0.2) is 0 Å². The molecule has 1 heterocycles. The molecule has 0 atom stereocenters. The Balaban J connectivity index is 0.00000106. The molecule has 1 amide bonds. The Morgan fingerprint density at radius 3 is 2.19 bits per heavy atom. The summed E-state index contributed by atoms with van der Waals surface area (Å²) in [6.45, 7) is 10.3. The standard InChI is InChI=1S/C18H20F2N2O2.C3H8O.2C2H6/c1-11-7-12-8-13(17(23)22-14-5-3-2-4-6-14)10-21-15(12)9-16(11)24-18(19)20;1-3(2)4;2*1-2/h7-10,14,18H,2-6H2,1H3,(H,22,23);3-4H,1-2H3;2*1-2H3. The first-order valence-electron chi connectivity index (χ1n) is 11.6. The molecule has 1 aliphatic carbocycles. The molecular weight excluding hydrogens is 414 g/mol. The van der Waals surface area contributed by atoms with Crippen LogP contribution in [0.3, 0.4) is 0 Å². The molecule has 2 aromatic rings. The first kappa shape index (κ1) is 29.7. The van der Waals surface area contributed by atoms with Crippen LogP contribution >= 0.6 is 0 Å². The second kappa shape index (κ2) is 16.4. The van der Waals surface area contributed by atoms with Gasteiger partial charge in [-0.05, 0) is 51.3 Å². The largest absolute Gasteiger partial charge is 0.434 e. The van der Waals surface area contributed by atoms with Crippen molar-refractivity contribution in [1.82, 2.24) is 10.3 Å². The molecule has 0 aliphatic heterocycles. The second-order valence-electron chi connectivity index (χ2n) is 7.32. The lowest BCUT2D eigenvalue weighted by Gasteiger charge is -2.22. The fraction of sp³-hybridized carbons (Fsp3) is 0.600. The summed E-state index contributed by atoms with van der Waals surface area (Å²) in [5.74, 6) is -0.0359. The van der Waals surface area contributed by atoms with Gasteiger partial charge in [-0.2, -0.15) is 8.78 Å². The fourth-order valence-corrected chi connectivity index (χ4v) is 3.13. The molecule has 2 N–H and O–H groups in total. The predicted molar refractivity (Wildman–Crippen MR) is 128 cm³/mol. The normalized spacial score (nSPS) is 13.2. The van der Waals surface area contributed by atoms with E-state index in [2.05, 4.69) is 15.0 Å². The van der Waals surface area contributed by atoms with Gasteiger partial charge in [0.05, 0.1) is 11.1 Å². The number of benzene rings is 1. The molecule has 0 spiro atoms. The number of aliphatic hydroxyl groups is 1. The van der Waals surface area contributed by atoms with Crippen molar-refractivity contribution in [2.75, 3.05) is 0 Å². The monoisotopic (exact) mass is 454 g/mol. The zero-order valence-electron chi connectivity index (χ0n) is 20.5. The van der Waals surface area contributed by atoms with Crippen LogP contribution in [0, 0.1) is 6.92 Å². The Morgan fingerprint density at radius 1 is 1.09 bits per heavy atom. The first-order valence-corrected chi connectivity index (χ1v) is 11.6. The van der Waals surface area contributed by atoms with E-state index in [1.54, 1.807) is 32.9 Å². The van der Waals surface area contributed by atoms with E-state index in [4.69, 9.17) is 5.11 Å². The minimum atomic E-state index is -2.87. The third-order valence-electron chi connectivity index (χ3n) is 4.40. The Morgan fingerprint density at radius 2 is 1.66 bits per heavy atom. The summed E-state index contributed by atoms with van der Waals surface area (Å²) in [5.41, 5.74) is 1.58. The average Bonchev–Trinajstić information content (AvgIpc) is 2.77. The van der Waals surface area contributed by atoms with Crippen LogP contribution in [0.5, 0.6) is 5.75 Å². The third kappa shape index (κ3) is 10.8. The number of halogens is 2. The lowest BCUT2D eigenvalue weighted by molar-refractivity contribution is -0.0502. The maximum atomic E-state index is 12.4. The van der Waals surface area contributed by atoms with E-state index in [9.17, 15) is 13.6 Å². The lowest BCUT2D eigenvalue weighted by atomic mass is 9.95. The second-order valence-corrected chi connectivity index (χ2v) is 7.32. The number of aliphatic hydroxyl groups excluding tert-OH is 1. The van der Waals surface area contributed by atoms with Crippen molar-refractivity contribution < 1.29 is 23.4 Å². The number of rotatable bonds is 4. The number of hydrogen-bond donors (Lipinski definition) is 2. The number of carbonyl (C=O) groups is 1. The van der Waals surface area contributed by atoms with E-state index in [1.165, 1.54) is 18.7 Å². The minimum absolute atomic E-state index is 0.101. The summed E-state index contributed by atoms with van der Waals surface area (Å²) in [4.78, 5) is 16.6. The van der Waals surface area contributed by atoms with Gasteiger partial charge in [-0.15, -0.1) is 0 Å². The molecule has 1 aromatic carbocycles. The lowest BCUT2D eigenvalue weighted by Crippen LogP contribution is -2.36. The van der Waals surface area contributed by atoms with Gasteiger partial charge >= 0.3 is 6.61 Å². The SMILES string of the molecule is CC.CC.CC(C)O.Cc1cc2cc(C(=O)NC3CCCCC3)cnc2cc1OC(F)F. The number of aryl methyl sites for hydroxylation is 1. The first-order chi connectivity index (χ1) is 15.3. The smallest absolute Gasteiger partial charge is 0.387 e. The van der Waals surface area contributed by atoms with Gasteiger partial charge in [0, 0.05) is 29.8 Å². The van der Waals surface area contributed by atoms with Crippen LogP contribution in [0.25, 0.3) is 10.9 Å². The van der Waals surface area contributed by atoms with Crippen LogP contribution < -0.4 is 10.1 Å². The van der Waals surface area contributed by atoms with Crippen LogP contribution in [-0.2, 0) is 0 Å². The molecule has 1 saturated carbocycles. The maximum absolute atomic E-state index is 12.4. The highest BCUT2D eigenvalue weighted by atomic mass is 19.3. The Hall–Kier alpha value is -2.28.